The number of piperazine rings is 1. The van der Waals surface area contributed by atoms with Gasteiger partial charge in [-0.3, -0.25) is 14.5 Å². The first kappa shape index (κ1) is 23.3. The summed E-state index contributed by atoms with van der Waals surface area (Å²) in [6.07, 6.45) is 0. The minimum Gasteiger partial charge on any atom is -0.492 e. The van der Waals surface area contributed by atoms with Crippen molar-refractivity contribution in [2.45, 2.75) is 6.92 Å². The minimum absolute atomic E-state index is 0.0101. The van der Waals surface area contributed by atoms with Crippen LogP contribution in [0.15, 0.2) is 60.7 Å². The van der Waals surface area contributed by atoms with Gasteiger partial charge in [-0.25, -0.2) is 0 Å². The lowest BCUT2D eigenvalue weighted by Gasteiger charge is -2.34. The molecule has 2 aromatic carbocycles. The number of nitrogens with zero attached hydrogens (tertiary/aromatic N) is 2. The second kappa shape index (κ2) is 10.8. The van der Waals surface area contributed by atoms with Gasteiger partial charge in [0.25, 0.3) is 11.8 Å². The molecule has 3 aromatic rings. The molecule has 0 spiro atoms. The van der Waals surface area contributed by atoms with Crippen LogP contribution in [0.25, 0.3) is 0 Å². The molecule has 0 bridgehead atoms. The highest BCUT2D eigenvalue weighted by Gasteiger charge is 2.25. The number of benzene rings is 2. The van der Waals surface area contributed by atoms with Gasteiger partial charge in [-0.15, -0.1) is 11.3 Å². The van der Waals surface area contributed by atoms with Crippen LogP contribution in [0.2, 0.25) is 5.02 Å². The number of nitrogens with one attached hydrogen (secondary N) is 1. The molecule has 1 saturated heterocycles. The number of para-hydroxylation sites is 1. The van der Waals surface area contributed by atoms with Crippen molar-refractivity contribution in [3.63, 3.8) is 0 Å². The Morgan fingerprint density at radius 2 is 1.73 bits per heavy atom. The minimum atomic E-state index is -0.285. The van der Waals surface area contributed by atoms with Gasteiger partial charge in [0.2, 0.25) is 0 Å². The predicted octanol–water partition coefficient (Wildman–Crippen LogP) is 4.80. The molecule has 8 heteroatoms. The normalized spacial score (nSPS) is 14.2. The quantitative estimate of drug-likeness (QED) is 0.524. The molecule has 2 amide bonds. The van der Waals surface area contributed by atoms with Gasteiger partial charge < -0.3 is 15.0 Å². The highest BCUT2D eigenvalue weighted by Crippen LogP contribution is 2.29. The SMILES string of the molecule is Cc1cc(NC(=O)c2ccccc2Cl)sc1C(=O)N1CCN(CCOc2ccccc2)CC1. The van der Waals surface area contributed by atoms with Crippen LogP contribution in [0.1, 0.15) is 25.6 Å². The predicted molar refractivity (Wildman–Crippen MR) is 133 cm³/mol. The molecule has 1 aliphatic rings. The van der Waals surface area contributed by atoms with E-state index in [4.69, 9.17) is 16.3 Å². The summed E-state index contributed by atoms with van der Waals surface area (Å²) in [5, 5.41) is 3.90. The maximum Gasteiger partial charge on any atom is 0.264 e. The largest absolute Gasteiger partial charge is 0.492 e. The first-order valence-electron chi connectivity index (χ1n) is 10.9. The number of anilines is 1. The summed E-state index contributed by atoms with van der Waals surface area (Å²) in [6.45, 7) is 6.30. The van der Waals surface area contributed by atoms with Crippen LogP contribution in [-0.4, -0.2) is 60.9 Å². The van der Waals surface area contributed by atoms with E-state index >= 15 is 0 Å². The third-order valence-corrected chi connectivity index (χ3v) is 7.02. The van der Waals surface area contributed by atoms with E-state index in [1.165, 1.54) is 11.3 Å². The molecule has 1 N–H and O–H groups in total. The molecule has 6 nitrogen and oxygen atoms in total. The van der Waals surface area contributed by atoms with Crippen molar-refractivity contribution in [2.75, 3.05) is 44.6 Å². The number of amides is 2. The van der Waals surface area contributed by atoms with E-state index in [0.717, 1.165) is 30.9 Å². The average molecular weight is 484 g/mol. The van der Waals surface area contributed by atoms with Gasteiger partial charge in [0.1, 0.15) is 12.4 Å². The summed E-state index contributed by atoms with van der Waals surface area (Å²) in [7, 11) is 0. The zero-order chi connectivity index (χ0) is 23.2. The maximum absolute atomic E-state index is 13.1. The number of hydrogen-bond donors (Lipinski definition) is 1. The molecule has 1 aromatic heterocycles. The second-order valence-electron chi connectivity index (χ2n) is 7.85. The summed E-state index contributed by atoms with van der Waals surface area (Å²) >= 11 is 7.42. The van der Waals surface area contributed by atoms with E-state index in [1.54, 1.807) is 24.3 Å². The Kier molecular flexibility index (Phi) is 7.65. The Labute approximate surface area is 202 Å². The summed E-state index contributed by atoms with van der Waals surface area (Å²) in [4.78, 5) is 30.5. The maximum atomic E-state index is 13.1. The van der Waals surface area contributed by atoms with Crippen molar-refractivity contribution in [3.05, 3.63) is 81.7 Å². The summed E-state index contributed by atoms with van der Waals surface area (Å²) in [5.74, 6) is 0.597. The van der Waals surface area contributed by atoms with Crippen molar-refractivity contribution in [1.82, 2.24) is 9.80 Å². The Hall–Kier alpha value is -2.87. The van der Waals surface area contributed by atoms with E-state index in [0.29, 0.717) is 40.2 Å². The number of halogens is 1. The van der Waals surface area contributed by atoms with Crippen LogP contribution in [0.5, 0.6) is 5.75 Å². The summed E-state index contributed by atoms with van der Waals surface area (Å²) < 4.78 is 5.78. The van der Waals surface area contributed by atoms with Crippen molar-refractivity contribution < 1.29 is 14.3 Å². The number of thiophene rings is 1. The van der Waals surface area contributed by atoms with Crippen molar-refractivity contribution in [1.29, 1.82) is 0 Å². The molecular formula is C25H26ClN3O3S. The second-order valence-corrected chi connectivity index (χ2v) is 9.31. The number of rotatable bonds is 7. The van der Waals surface area contributed by atoms with Gasteiger partial charge in [-0.1, -0.05) is 41.9 Å². The van der Waals surface area contributed by atoms with Crippen molar-refractivity contribution in [2.24, 2.45) is 0 Å². The zero-order valence-corrected chi connectivity index (χ0v) is 20.0. The van der Waals surface area contributed by atoms with Crippen LogP contribution in [-0.2, 0) is 0 Å². The monoisotopic (exact) mass is 483 g/mol. The van der Waals surface area contributed by atoms with Gasteiger partial charge in [0, 0.05) is 32.7 Å². The van der Waals surface area contributed by atoms with Crippen LogP contribution in [0, 0.1) is 6.92 Å². The molecule has 2 heterocycles. The van der Waals surface area contributed by atoms with E-state index in [2.05, 4.69) is 10.2 Å². The standard InChI is InChI=1S/C25H26ClN3O3S/c1-18-17-22(27-24(30)20-9-5-6-10-21(20)26)33-23(18)25(31)29-13-11-28(12-14-29)15-16-32-19-7-3-2-4-8-19/h2-10,17H,11-16H2,1H3,(H,27,30). The Balaban J connectivity index is 1.28. The molecule has 1 fully saturated rings. The lowest BCUT2D eigenvalue weighted by atomic mass is 10.2. The van der Waals surface area contributed by atoms with Crippen LogP contribution >= 0.6 is 22.9 Å². The molecule has 4 rings (SSSR count). The van der Waals surface area contributed by atoms with E-state index in [9.17, 15) is 9.59 Å². The Morgan fingerprint density at radius 1 is 1.03 bits per heavy atom. The fourth-order valence-electron chi connectivity index (χ4n) is 3.71. The van der Waals surface area contributed by atoms with Gasteiger partial charge in [0.05, 0.1) is 20.5 Å². The highest BCUT2D eigenvalue weighted by atomic mass is 35.5. The number of aryl methyl sites for hydroxylation is 1. The number of carbonyl (C=O) groups excluding carboxylic acids is 2. The van der Waals surface area contributed by atoms with E-state index in [-0.39, 0.29) is 11.8 Å². The topological polar surface area (TPSA) is 61.9 Å². The summed E-state index contributed by atoms with van der Waals surface area (Å²) in [5.41, 5.74) is 1.27. The summed E-state index contributed by atoms with van der Waals surface area (Å²) in [6, 6.07) is 18.5. The molecule has 0 saturated carbocycles. The Morgan fingerprint density at radius 3 is 2.45 bits per heavy atom. The van der Waals surface area contributed by atoms with Gasteiger partial charge in [-0.2, -0.15) is 0 Å². The molecule has 172 valence electrons. The molecule has 0 unspecified atom stereocenters. The fourth-order valence-corrected chi connectivity index (χ4v) is 4.97. The lowest BCUT2D eigenvalue weighted by Crippen LogP contribution is -2.49. The van der Waals surface area contributed by atoms with E-state index < -0.39 is 0 Å². The highest BCUT2D eigenvalue weighted by molar-refractivity contribution is 7.18. The first-order chi connectivity index (χ1) is 16.0. The smallest absolute Gasteiger partial charge is 0.264 e. The number of carbonyl (C=O) groups is 2. The number of hydrogen-bond acceptors (Lipinski definition) is 5. The fraction of sp³-hybridized carbons (Fsp3) is 0.280. The average Bonchev–Trinajstić information content (AvgIpc) is 3.19. The van der Waals surface area contributed by atoms with Gasteiger partial charge >= 0.3 is 0 Å². The van der Waals surface area contributed by atoms with Crippen LogP contribution < -0.4 is 10.1 Å². The van der Waals surface area contributed by atoms with E-state index in [1.807, 2.05) is 48.2 Å². The third kappa shape index (κ3) is 5.93. The van der Waals surface area contributed by atoms with Crippen LogP contribution in [0.4, 0.5) is 5.00 Å². The van der Waals surface area contributed by atoms with Gasteiger partial charge in [-0.05, 0) is 42.8 Å². The number of ether oxygens (including phenoxy) is 1. The van der Waals surface area contributed by atoms with Crippen LogP contribution in [0.3, 0.4) is 0 Å². The molecule has 0 radical (unpaired) electrons. The lowest BCUT2D eigenvalue weighted by molar-refractivity contribution is 0.0624. The zero-order valence-electron chi connectivity index (χ0n) is 18.4. The Bertz CT molecular complexity index is 1110. The molecule has 0 atom stereocenters. The molecular weight excluding hydrogens is 458 g/mol. The molecule has 0 aliphatic carbocycles. The van der Waals surface area contributed by atoms with Gasteiger partial charge in [0.15, 0.2) is 0 Å². The molecule has 33 heavy (non-hydrogen) atoms. The van der Waals surface area contributed by atoms with Crippen molar-refractivity contribution >= 4 is 39.8 Å². The molecule has 1 aliphatic heterocycles. The first-order valence-corrected chi connectivity index (χ1v) is 12.1. The van der Waals surface area contributed by atoms with Crippen molar-refractivity contribution in [3.8, 4) is 5.75 Å². The third-order valence-electron chi connectivity index (χ3n) is 5.55.